The van der Waals surface area contributed by atoms with Crippen molar-refractivity contribution in [3.63, 3.8) is 0 Å². The molecule has 2 aromatic rings. The first-order chi connectivity index (χ1) is 10.2. The lowest BCUT2D eigenvalue weighted by Gasteiger charge is -2.42. The molecule has 6 nitrogen and oxygen atoms in total. The molecule has 1 aromatic heterocycles. The number of carboxylic acids is 1. The molecule has 6 heteroatoms. The Hall–Kier alpha value is -2.08. The van der Waals surface area contributed by atoms with Crippen LogP contribution in [0.3, 0.4) is 0 Å². The average Bonchev–Trinajstić information content (AvgIpc) is 2.82. The molecule has 0 radical (unpaired) electrons. The molecule has 1 fully saturated rings. The normalized spacial score (nSPS) is 21.4. The van der Waals surface area contributed by atoms with Gasteiger partial charge in [0.05, 0.1) is 17.6 Å². The summed E-state index contributed by atoms with van der Waals surface area (Å²) in [5.41, 5.74) is 1.98. The number of aromatic amines is 1. The monoisotopic (exact) mass is 288 g/mol. The number of rotatable bonds is 6. The third-order valence-corrected chi connectivity index (χ3v) is 4.10. The summed E-state index contributed by atoms with van der Waals surface area (Å²) >= 11 is 0. The number of para-hydroxylation sites is 2. The summed E-state index contributed by atoms with van der Waals surface area (Å²) < 4.78 is 0. The number of nitrogens with one attached hydrogen (secondary N) is 2. The predicted octanol–water partition coefficient (Wildman–Crippen LogP) is 1.91. The number of anilines is 1. The number of fused-ring (bicyclic) bond motifs is 1. The van der Waals surface area contributed by atoms with Crippen LogP contribution in [0.2, 0.25) is 0 Å². The quantitative estimate of drug-likeness (QED) is 0.756. The summed E-state index contributed by atoms with van der Waals surface area (Å²) in [7, 11) is 0. The van der Waals surface area contributed by atoms with Gasteiger partial charge in [0.2, 0.25) is 5.95 Å². The minimum atomic E-state index is -0.759. The molecule has 1 saturated carbocycles. The molecule has 1 heterocycles. The molecular weight excluding hydrogens is 268 g/mol. The van der Waals surface area contributed by atoms with Crippen LogP contribution in [-0.2, 0) is 4.79 Å². The van der Waals surface area contributed by atoms with E-state index in [0.717, 1.165) is 36.4 Å². The van der Waals surface area contributed by atoms with Crippen molar-refractivity contribution in [2.45, 2.75) is 31.8 Å². The molecular formula is C15H20N4O2. The van der Waals surface area contributed by atoms with E-state index in [4.69, 9.17) is 5.11 Å². The zero-order valence-corrected chi connectivity index (χ0v) is 12.0. The lowest BCUT2D eigenvalue weighted by atomic mass is 9.85. The third kappa shape index (κ3) is 3.00. The van der Waals surface area contributed by atoms with Crippen LogP contribution in [0.4, 0.5) is 5.95 Å². The molecule has 0 unspecified atom stereocenters. The molecule has 1 aromatic carbocycles. The van der Waals surface area contributed by atoms with Crippen LogP contribution < -0.4 is 5.32 Å². The Bertz CT molecular complexity index is 600. The number of hydrogen-bond acceptors (Lipinski definition) is 4. The van der Waals surface area contributed by atoms with Crippen molar-refractivity contribution in [3.05, 3.63) is 24.3 Å². The van der Waals surface area contributed by atoms with Crippen molar-refractivity contribution in [2.75, 3.05) is 18.4 Å². The first kappa shape index (κ1) is 13.9. The molecule has 112 valence electrons. The van der Waals surface area contributed by atoms with Gasteiger partial charge in [-0.25, -0.2) is 4.98 Å². The van der Waals surface area contributed by atoms with Crippen molar-refractivity contribution in [2.24, 2.45) is 0 Å². The lowest BCUT2D eigenvalue weighted by Crippen LogP contribution is -2.51. The van der Waals surface area contributed by atoms with Gasteiger partial charge < -0.3 is 15.4 Å². The van der Waals surface area contributed by atoms with Gasteiger partial charge in [0.25, 0.3) is 0 Å². The standard InChI is InChI=1S/C15H20N4O2/c1-2-19(9-14(20)21)11-7-10(8-11)16-15-17-12-5-3-4-6-13(12)18-15/h3-6,10-11H,2,7-9H2,1H3,(H,20,21)(H2,16,17,18). The number of hydrogen-bond donors (Lipinski definition) is 3. The minimum absolute atomic E-state index is 0.124. The van der Waals surface area contributed by atoms with Gasteiger partial charge in [0.1, 0.15) is 0 Å². The molecule has 3 N–H and O–H groups in total. The second kappa shape index (κ2) is 5.73. The second-order valence-electron chi connectivity index (χ2n) is 5.53. The molecule has 21 heavy (non-hydrogen) atoms. The molecule has 0 atom stereocenters. The Morgan fingerprint density at radius 1 is 1.48 bits per heavy atom. The van der Waals surface area contributed by atoms with Gasteiger partial charge in [0, 0.05) is 12.1 Å². The average molecular weight is 288 g/mol. The van der Waals surface area contributed by atoms with Gasteiger partial charge >= 0.3 is 5.97 Å². The SMILES string of the molecule is CCN(CC(=O)O)C1CC(Nc2nc3ccccc3[nH]2)C1. The zero-order valence-electron chi connectivity index (χ0n) is 12.0. The highest BCUT2D eigenvalue weighted by molar-refractivity contribution is 5.77. The van der Waals surface area contributed by atoms with Gasteiger partial charge in [-0.3, -0.25) is 9.69 Å². The molecule has 1 aliphatic rings. The fraction of sp³-hybridized carbons (Fsp3) is 0.467. The topological polar surface area (TPSA) is 81.2 Å². The molecule has 0 bridgehead atoms. The number of aromatic nitrogens is 2. The second-order valence-corrected chi connectivity index (χ2v) is 5.53. The summed E-state index contributed by atoms with van der Waals surface area (Å²) in [6.07, 6.45) is 1.91. The van der Waals surface area contributed by atoms with Crippen LogP contribution in [0, 0.1) is 0 Å². The Balaban J connectivity index is 1.55. The minimum Gasteiger partial charge on any atom is -0.480 e. The van der Waals surface area contributed by atoms with E-state index in [0.29, 0.717) is 12.1 Å². The van der Waals surface area contributed by atoms with Crippen molar-refractivity contribution < 1.29 is 9.90 Å². The maximum Gasteiger partial charge on any atom is 0.317 e. The van der Waals surface area contributed by atoms with E-state index in [2.05, 4.69) is 15.3 Å². The number of carbonyl (C=O) groups is 1. The Morgan fingerprint density at radius 3 is 2.90 bits per heavy atom. The number of imidazole rings is 1. The molecule has 1 aliphatic carbocycles. The molecule has 0 aliphatic heterocycles. The van der Waals surface area contributed by atoms with Crippen molar-refractivity contribution in [1.29, 1.82) is 0 Å². The maximum absolute atomic E-state index is 10.8. The van der Waals surface area contributed by atoms with Crippen LogP contribution in [-0.4, -0.2) is 51.1 Å². The fourth-order valence-corrected chi connectivity index (χ4v) is 2.89. The van der Waals surface area contributed by atoms with Gasteiger partial charge in [-0.1, -0.05) is 19.1 Å². The first-order valence-electron chi connectivity index (χ1n) is 7.33. The van der Waals surface area contributed by atoms with Crippen molar-refractivity contribution in [3.8, 4) is 0 Å². The summed E-state index contributed by atoms with van der Waals surface area (Å²) in [5.74, 6) is 0.0338. The van der Waals surface area contributed by atoms with Gasteiger partial charge in [0.15, 0.2) is 0 Å². The van der Waals surface area contributed by atoms with Gasteiger partial charge in [-0.15, -0.1) is 0 Å². The highest BCUT2D eigenvalue weighted by Gasteiger charge is 2.34. The summed E-state index contributed by atoms with van der Waals surface area (Å²) in [4.78, 5) is 20.6. The van der Waals surface area contributed by atoms with E-state index in [-0.39, 0.29) is 6.54 Å². The highest BCUT2D eigenvalue weighted by atomic mass is 16.4. The number of nitrogens with zero attached hydrogens (tertiary/aromatic N) is 2. The maximum atomic E-state index is 10.8. The van der Waals surface area contributed by atoms with E-state index in [1.165, 1.54) is 0 Å². The van der Waals surface area contributed by atoms with E-state index in [9.17, 15) is 4.79 Å². The summed E-state index contributed by atoms with van der Waals surface area (Å²) in [6, 6.07) is 8.65. The van der Waals surface area contributed by atoms with Crippen molar-refractivity contribution >= 4 is 23.0 Å². The Kier molecular flexibility index (Phi) is 3.79. The van der Waals surface area contributed by atoms with Gasteiger partial charge in [-0.05, 0) is 31.5 Å². The van der Waals surface area contributed by atoms with Crippen LogP contribution >= 0.6 is 0 Å². The number of benzene rings is 1. The van der Waals surface area contributed by atoms with E-state index >= 15 is 0 Å². The number of aliphatic carboxylic acids is 1. The smallest absolute Gasteiger partial charge is 0.317 e. The molecule has 0 saturated heterocycles. The van der Waals surface area contributed by atoms with E-state index in [1.807, 2.05) is 36.1 Å². The Labute approximate surface area is 123 Å². The number of carboxylic acid groups (broad SMARTS) is 1. The predicted molar refractivity (Wildman–Crippen MR) is 81.4 cm³/mol. The fourth-order valence-electron chi connectivity index (χ4n) is 2.89. The molecule has 0 spiro atoms. The van der Waals surface area contributed by atoms with Crippen LogP contribution in [0.1, 0.15) is 19.8 Å². The Morgan fingerprint density at radius 2 is 2.24 bits per heavy atom. The summed E-state index contributed by atoms with van der Waals surface area (Å²) in [6.45, 7) is 2.90. The van der Waals surface area contributed by atoms with Crippen LogP contribution in [0.25, 0.3) is 11.0 Å². The van der Waals surface area contributed by atoms with Crippen molar-refractivity contribution in [1.82, 2.24) is 14.9 Å². The van der Waals surface area contributed by atoms with E-state index in [1.54, 1.807) is 0 Å². The summed E-state index contributed by atoms with van der Waals surface area (Å²) in [5, 5.41) is 12.3. The lowest BCUT2D eigenvalue weighted by molar-refractivity contribution is -0.139. The van der Waals surface area contributed by atoms with Crippen LogP contribution in [0.5, 0.6) is 0 Å². The largest absolute Gasteiger partial charge is 0.480 e. The number of likely N-dealkylation sites (N-methyl/N-ethyl adjacent to an activating group) is 1. The van der Waals surface area contributed by atoms with Gasteiger partial charge in [-0.2, -0.15) is 0 Å². The zero-order chi connectivity index (χ0) is 14.8. The first-order valence-corrected chi connectivity index (χ1v) is 7.33. The van der Waals surface area contributed by atoms with E-state index < -0.39 is 5.97 Å². The third-order valence-electron chi connectivity index (χ3n) is 4.10. The molecule has 3 rings (SSSR count). The number of H-pyrrole nitrogens is 1. The highest BCUT2D eigenvalue weighted by Crippen LogP contribution is 2.28. The van der Waals surface area contributed by atoms with Crippen LogP contribution in [0.15, 0.2) is 24.3 Å². The molecule has 0 amide bonds.